The van der Waals surface area contributed by atoms with Crippen LogP contribution >= 0.6 is 12.4 Å². The normalized spacial score (nSPS) is 11.1. The third kappa shape index (κ3) is 11.4. The van der Waals surface area contributed by atoms with E-state index >= 15 is 0 Å². The molecule has 0 atom stereocenters. The van der Waals surface area contributed by atoms with Crippen molar-refractivity contribution in [1.29, 1.82) is 0 Å². The zero-order chi connectivity index (χ0) is 10.2. The first-order valence-corrected chi connectivity index (χ1v) is 11.2. The summed E-state index contributed by atoms with van der Waals surface area (Å²) in [5.41, 5.74) is 0. The molecule has 0 rings (SSSR count). The van der Waals surface area contributed by atoms with Gasteiger partial charge in [0.2, 0.25) is 0 Å². The van der Waals surface area contributed by atoms with Crippen molar-refractivity contribution in [3.05, 3.63) is 0 Å². The van der Waals surface area contributed by atoms with Crippen LogP contribution in [-0.4, -0.2) is 30.6 Å². The van der Waals surface area contributed by atoms with Gasteiger partial charge in [-0.1, -0.05) is 0 Å². The van der Waals surface area contributed by atoms with E-state index in [2.05, 4.69) is 20.0 Å². The van der Waals surface area contributed by atoms with Crippen molar-refractivity contribution in [2.24, 2.45) is 0 Å². The van der Waals surface area contributed by atoms with Crippen LogP contribution in [0.5, 0.6) is 0 Å². The fourth-order valence-corrected chi connectivity index (χ4v) is 4.37. The van der Waals surface area contributed by atoms with Crippen molar-refractivity contribution in [2.75, 3.05) is 0 Å². The Morgan fingerprint density at radius 1 is 0.929 bits per heavy atom. The first-order valence-electron chi connectivity index (χ1n) is 5.77. The van der Waals surface area contributed by atoms with E-state index < -0.39 is 8.07 Å². The molecule has 0 saturated heterocycles. The van der Waals surface area contributed by atoms with E-state index in [1.807, 2.05) is 0 Å². The minimum atomic E-state index is -0.706. The van der Waals surface area contributed by atoms with Gasteiger partial charge in [-0.05, 0) is 0 Å². The van der Waals surface area contributed by atoms with Crippen LogP contribution in [0.2, 0.25) is 23.2 Å². The molecule has 0 bridgehead atoms. The summed E-state index contributed by atoms with van der Waals surface area (Å²) >= 11 is 1.76. The number of hydrogen-bond donors (Lipinski definition) is 0. The van der Waals surface area contributed by atoms with Gasteiger partial charge in [0.05, 0.1) is 0 Å². The average Bonchev–Trinajstić information content (AvgIpc) is 2.11. The van der Waals surface area contributed by atoms with Crippen LogP contribution in [0.3, 0.4) is 0 Å². The molecule has 0 unspecified atom stereocenters. The molecule has 85 valence electrons. The van der Waals surface area contributed by atoms with Crippen molar-refractivity contribution in [3.8, 4) is 0 Å². The molecule has 0 amide bonds. The van der Waals surface area contributed by atoms with Crippen LogP contribution in [0.25, 0.3) is 0 Å². The summed E-state index contributed by atoms with van der Waals surface area (Å²) < 4.78 is 1.55. The molecule has 0 aliphatic carbocycles. The first-order chi connectivity index (χ1) is 6.12. The van der Waals surface area contributed by atoms with Gasteiger partial charge in [-0.2, -0.15) is 0 Å². The zero-order valence-corrected chi connectivity index (χ0v) is 14.7. The summed E-state index contributed by atoms with van der Waals surface area (Å²) in [7, 11) is -0.706. The van der Waals surface area contributed by atoms with Gasteiger partial charge in [0.25, 0.3) is 0 Å². The molecule has 0 heterocycles. The van der Waals surface area contributed by atoms with Gasteiger partial charge in [0.1, 0.15) is 0 Å². The Hall–Kier alpha value is 1.31. The van der Waals surface area contributed by atoms with Gasteiger partial charge in [0, 0.05) is 0 Å². The molecule has 0 aliphatic heterocycles. The Labute approximate surface area is 111 Å². The second-order valence-corrected chi connectivity index (χ2v) is 13.1. The Morgan fingerprint density at radius 2 is 1.43 bits per heavy atom. The second kappa shape index (κ2) is 10.8. The van der Waals surface area contributed by atoms with Gasteiger partial charge in [-0.25, -0.2) is 0 Å². The predicted octanol–water partition coefficient (Wildman–Crippen LogP) is 4.60. The van der Waals surface area contributed by atoms with Gasteiger partial charge >= 0.3 is 99.2 Å². The van der Waals surface area contributed by atoms with Crippen LogP contribution in [-0.2, 0) is 0 Å². The summed E-state index contributed by atoms with van der Waals surface area (Å²) in [4.78, 5) is 0. The Kier molecular flexibility index (Phi) is 13.7. The standard InChI is InChI=1S/C11H25Si.ClH.Sn/c1-5-6-7-8-9-10-11-12(2,3)4;;/h2,5-11H2,1,3-4H3;1H;. The number of unbranched alkanes of at least 4 members (excludes halogenated alkanes) is 5. The minimum Gasteiger partial charge on any atom is -0.147 e. The van der Waals surface area contributed by atoms with Gasteiger partial charge < -0.3 is 0 Å². The molecule has 0 saturated carbocycles. The maximum absolute atomic E-state index is 2.55. The molecule has 0 nitrogen and oxygen atoms in total. The molecule has 3 radical (unpaired) electrons. The largest absolute Gasteiger partial charge is 0.147 e. The predicted molar refractivity (Wildman–Crippen MR) is 73.5 cm³/mol. The molecule has 0 N–H and O–H groups in total. The Balaban J connectivity index is 0. The third-order valence-electron chi connectivity index (χ3n) is 2.69. The second-order valence-electron chi connectivity index (χ2n) is 4.86. The van der Waals surface area contributed by atoms with Crippen molar-refractivity contribution >= 4 is 43.0 Å². The molecule has 0 aliphatic rings. The summed E-state index contributed by atoms with van der Waals surface area (Å²) in [6.07, 6.45) is 8.77. The first kappa shape index (κ1) is 17.7. The van der Waals surface area contributed by atoms with E-state index in [9.17, 15) is 0 Å². The smallest absolute Gasteiger partial charge is 0.147 e. The van der Waals surface area contributed by atoms with E-state index in [1.165, 1.54) is 38.5 Å². The molecule has 0 fully saturated rings. The van der Waals surface area contributed by atoms with Crippen LogP contribution in [0.4, 0.5) is 0 Å². The van der Waals surface area contributed by atoms with Gasteiger partial charge in [0.15, 0.2) is 0 Å². The van der Waals surface area contributed by atoms with Crippen molar-refractivity contribution in [1.82, 2.24) is 0 Å². The molecule has 0 aromatic rings. The molecule has 0 aromatic heterocycles. The quantitative estimate of drug-likeness (QED) is 0.447. The third-order valence-corrected chi connectivity index (χ3v) is 13.5. The molecule has 0 aromatic carbocycles. The molecule has 14 heavy (non-hydrogen) atoms. The monoisotopic (exact) mass is 341 g/mol. The van der Waals surface area contributed by atoms with Crippen LogP contribution in [0.1, 0.15) is 45.4 Å². The van der Waals surface area contributed by atoms with Crippen LogP contribution in [0, 0.1) is 0 Å². The SMILES string of the molecule is CCCCCCCC[Si](C)(C)[CH2][Sn].Cl. The van der Waals surface area contributed by atoms with Crippen LogP contribution < -0.4 is 0 Å². The van der Waals surface area contributed by atoms with E-state index in [4.69, 9.17) is 0 Å². The molecular formula is C11H26ClSiSn. The number of rotatable bonds is 8. The maximum atomic E-state index is 2.55. The minimum absolute atomic E-state index is 0. The molecular weight excluding hydrogens is 314 g/mol. The maximum Gasteiger partial charge on any atom is -0.147 e. The van der Waals surface area contributed by atoms with E-state index in [-0.39, 0.29) is 12.4 Å². The fraction of sp³-hybridized carbons (Fsp3) is 1.00. The van der Waals surface area contributed by atoms with Gasteiger partial charge in [-0.15, -0.1) is 12.4 Å². The fourth-order valence-electron chi connectivity index (χ4n) is 1.47. The van der Waals surface area contributed by atoms with E-state index in [0.29, 0.717) is 0 Å². The van der Waals surface area contributed by atoms with Crippen molar-refractivity contribution < 1.29 is 0 Å². The van der Waals surface area contributed by atoms with E-state index in [0.717, 1.165) is 0 Å². The zero-order valence-electron chi connectivity index (χ0n) is 10.1. The summed E-state index contributed by atoms with van der Waals surface area (Å²) in [5, 5.41) is 0. The molecule has 3 heteroatoms. The van der Waals surface area contributed by atoms with E-state index in [1.54, 1.807) is 32.6 Å². The van der Waals surface area contributed by atoms with Gasteiger partial charge in [-0.3, -0.25) is 0 Å². The van der Waals surface area contributed by atoms with Crippen molar-refractivity contribution in [2.45, 2.75) is 68.6 Å². The average molecular weight is 341 g/mol. The number of halogens is 1. The Bertz CT molecular complexity index is 118. The Morgan fingerprint density at radius 3 is 1.93 bits per heavy atom. The van der Waals surface area contributed by atoms with Crippen molar-refractivity contribution in [3.63, 3.8) is 0 Å². The summed E-state index contributed by atoms with van der Waals surface area (Å²) in [5.74, 6) is 0. The summed E-state index contributed by atoms with van der Waals surface area (Å²) in [6, 6.07) is 1.57. The molecule has 0 spiro atoms. The number of hydrogen-bond acceptors (Lipinski definition) is 0. The topological polar surface area (TPSA) is 0 Å². The summed E-state index contributed by atoms with van der Waals surface area (Å²) in [6.45, 7) is 7.39. The van der Waals surface area contributed by atoms with Crippen LogP contribution in [0.15, 0.2) is 0 Å².